The molecule has 0 unspecified atom stereocenters. The van der Waals surface area contributed by atoms with Crippen molar-refractivity contribution in [2.45, 2.75) is 32.2 Å². The second-order valence-corrected chi connectivity index (χ2v) is 6.86. The molecule has 0 atom stereocenters. The van der Waals surface area contributed by atoms with Gasteiger partial charge in [0.15, 0.2) is 0 Å². The van der Waals surface area contributed by atoms with Gasteiger partial charge in [-0.15, -0.1) is 0 Å². The predicted octanol–water partition coefficient (Wildman–Crippen LogP) is 1.41. The summed E-state index contributed by atoms with van der Waals surface area (Å²) in [7, 11) is -1.82. The quantitative estimate of drug-likeness (QED) is 0.836. The number of anilines is 1. The molecule has 0 saturated heterocycles. The first-order valence-corrected chi connectivity index (χ1v) is 8.04. The van der Waals surface area contributed by atoms with Crippen molar-refractivity contribution in [3.63, 3.8) is 0 Å². The van der Waals surface area contributed by atoms with Crippen LogP contribution in [0.25, 0.3) is 0 Å². The normalized spacial score (nSPS) is 11.8. The molecule has 21 heavy (non-hydrogen) atoms. The minimum absolute atomic E-state index is 0.137. The molecule has 2 rings (SSSR count). The first-order chi connectivity index (χ1) is 9.74. The fraction of sp³-hybridized carbons (Fsp3) is 0.357. The predicted molar refractivity (Wildman–Crippen MR) is 82.3 cm³/mol. The molecular formula is C14H20N4O2S. The van der Waals surface area contributed by atoms with E-state index in [1.165, 1.54) is 0 Å². The molecule has 2 aromatic rings. The number of sulfonamides is 1. The van der Waals surface area contributed by atoms with Gasteiger partial charge in [0.25, 0.3) is 0 Å². The van der Waals surface area contributed by atoms with Crippen LogP contribution in [-0.2, 0) is 23.6 Å². The number of nitrogens with two attached hydrogens (primary N) is 1. The minimum Gasteiger partial charge on any atom is -0.398 e. The molecule has 0 aliphatic rings. The van der Waals surface area contributed by atoms with Gasteiger partial charge in [-0.1, -0.05) is 6.07 Å². The summed E-state index contributed by atoms with van der Waals surface area (Å²) in [5.41, 5.74) is 8.62. The van der Waals surface area contributed by atoms with Gasteiger partial charge in [-0.2, -0.15) is 0 Å². The smallest absolute Gasteiger partial charge is 0.241 e. The number of imidazole rings is 1. The molecule has 0 radical (unpaired) electrons. The molecule has 1 aromatic carbocycles. The minimum atomic E-state index is -3.64. The maximum absolute atomic E-state index is 12.5. The topological polar surface area (TPSA) is 90.0 Å². The van der Waals surface area contributed by atoms with Gasteiger partial charge in [-0.3, -0.25) is 0 Å². The van der Waals surface area contributed by atoms with Crippen LogP contribution in [0.3, 0.4) is 0 Å². The molecule has 114 valence electrons. The van der Waals surface area contributed by atoms with E-state index in [1.807, 2.05) is 14.0 Å². The number of hydrogen-bond donors (Lipinski definition) is 2. The van der Waals surface area contributed by atoms with Crippen molar-refractivity contribution in [2.75, 3.05) is 5.73 Å². The van der Waals surface area contributed by atoms with Crippen LogP contribution < -0.4 is 10.5 Å². The lowest BCUT2D eigenvalue weighted by Crippen LogP contribution is -2.26. The number of hydrogen-bond acceptors (Lipinski definition) is 4. The van der Waals surface area contributed by atoms with Crippen molar-refractivity contribution in [2.24, 2.45) is 7.05 Å². The molecule has 1 heterocycles. The summed E-state index contributed by atoms with van der Waals surface area (Å²) >= 11 is 0. The number of rotatable bonds is 4. The first kappa shape index (κ1) is 15.5. The first-order valence-electron chi connectivity index (χ1n) is 6.56. The largest absolute Gasteiger partial charge is 0.398 e. The van der Waals surface area contributed by atoms with Crippen molar-refractivity contribution < 1.29 is 8.42 Å². The van der Waals surface area contributed by atoms with Crippen molar-refractivity contribution in [1.29, 1.82) is 0 Å². The average Bonchev–Trinajstić information content (AvgIpc) is 2.79. The highest BCUT2D eigenvalue weighted by Gasteiger charge is 2.22. The lowest BCUT2D eigenvalue weighted by Gasteiger charge is -2.15. The third-order valence-electron chi connectivity index (χ3n) is 3.57. The SMILES string of the molecule is Cc1cc(C)c(S(=O)(=O)NCc2nccn2C)c(C)c1N. The summed E-state index contributed by atoms with van der Waals surface area (Å²) in [5, 5.41) is 0. The van der Waals surface area contributed by atoms with E-state index in [4.69, 9.17) is 5.73 Å². The third-order valence-corrected chi connectivity index (χ3v) is 5.26. The monoisotopic (exact) mass is 308 g/mol. The molecule has 0 amide bonds. The van der Waals surface area contributed by atoms with E-state index in [9.17, 15) is 8.42 Å². The number of aromatic nitrogens is 2. The van der Waals surface area contributed by atoms with Gasteiger partial charge in [0.2, 0.25) is 10.0 Å². The van der Waals surface area contributed by atoms with E-state index in [0.29, 0.717) is 22.6 Å². The molecule has 0 bridgehead atoms. The van der Waals surface area contributed by atoms with E-state index >= 15 is 0 Å². The molecule has 0 saturated carbocycles. The lowest BCUT2D eigenvalue weighted by molar-refractivity contribution is 0.576. The standard InChI is InChI=1S/C14H20N4O2S/c1-9-7-10(2)14(11(3)13(9)15)21(19,20)17-8-12-16-5-6-18(12)4/h5-7,17H,8,15H2,1-4H3. The average molecular weight is 308 g/mol. The molecule has 6 nitrogen and oxygen atoms in total. The Hall–Kier alpha value is -1.86. The Morgan fingerprint density at radius 2 is 1.95 bits per heavy atom. The lowest BCUT2D eigenvalue weighted by atomic mass is 10.1. The summed E-state index contributed by atoms with van der Waals surface area (Å²) in [4.78, 5) is 4.35. The van der Waals surface area contributed by atoms with E-state index in [0.717, 1.165) is 5.56 Å². The Kier molecular flexibility index (Phi) is 4.06. The Morgan fingerprint density at radius 3 is 2.52 bits per heavy atom. The summed E-state index contributed by atoms with van der Waals surface area (Å²) in [5.74, 6) is 0.647. The molecule has 0 fully saturated rings. The zero-order valence-corrected chi connectivity index (χ0v) is 13.5. The Balaban J connectivity index is 2.37. The van der Waals surface area contributed by atoms with Crippen molar-refractivity contribution in [3.05, 3.63) is 41.0 Å². The number of benzene rings is 1. The summed E-state index contributed by atoms with van der Waals surface area (Å²) in [6.07, 6.45) is 3.40. The van der Waals surface area contributed by atoms with Crippen LogP contribution in [0.1, 0.15) is 22.5 Å². The van der Waals surface area contributed by atoms with E-state index in [1.54, 1.807) is 36.9 Å². The summed E-state index contributed by atoms with van der Waals surface area (Å²) in [6.45, 7) is 5.50. The Morgan fingerprint density at radius 1 is 1.29 bits per heavy atom. The fourth-order valence-electron chi connectivity index (χ4n) is 2.39. The zero-order chi connectivity index (χ0) is 15.8. The van der Waals surface area contributed by atoms with Crippen LogP contribution >= 0.6 is 0 Å². The van der Waals surface area contributed by atoms with Crippen molar-refractivity contribution in [3.8, 4) is 0 Å². The van der Waals surface area contributed by atoms with E-state index < -0.39 is 10.0 Å². The maximum atomic E-state index is 12.5. The van der Waals surface area contributed by atoms with Crippen LogP contribution in [-0.4, -0.2) is 18.0 Å². The Bertz CT molecular complexity index is 779. The van der Waals surface area contributed by atoms with Gasteiger partial charge in [0.1, 0.15) is 5.82 Å². The summed E-state index contributed by atoms with van der Waals surface area (Å²) < 4.78 is 29.4. The van der Waals surface area contributed by atoms with E-state index in [2.05, 4.69) is 9.71 Å². The third kappa shape index (κ3) is 2.93. The van der Waals surface area contributed by atoms with Gasteiger partial charge >= 0.3 is 0 Å². The van der Waals surface area contributed by atoms with E-state index in [-0.39, 0.29) is 11.4 Å². The molecule has 0 aliphatic heterocycles. The van der Waals surface area contributed by atoms with Gasteiger partial charge in [0.05, 0.1) is 11.4 Å². The fourth-order valence-corrected chi connectivity index (χ4v) is 3.85. The zero-order valence-electron chi connectivity index (χ0n) is 12.6. The maximum Gasteiger partial charge on any atom is 0.241 e. The van der Waals surface area contributed by atoms with Gasteiger partial charge in [-0.25, -0.2) is 18.1 Å². The van der Waals surface area contributed by atoms with Crippen LogP contribution in [0.5, 0.6) is 0 Å². The molecule has 1 aromatic heterocycles. The number of nitrogens with one attached hydrogen (secondary N) is 1. The van der Waals surface area contributed by atoms with Gasteiger partial charge < -0.3 is 10.3 Å². The Labute approximate surface area is 125 Å². The van der Waals surface area contributed by atoms with Gasteiger partial charge in [0, 0.05) is 25.1 Å². The van der Waals surface area contributed by atoms with Crippen LogP contribution in [0, 0.1) is 20.8 Å². The van der Waals surface area contributed by atoms with Crippen LogP contribution in [0.15, 0.2) is 23.4 Å². The highest BCUT2D eigenvalue weighted by Crippen LogP contribution is 2.27. The highest BCUT2D eigenvalue weighted by atomic mass is 32.2. The van der Waals surface area contributed by atoms with Crippen LogP contribution in [0.4, 0.5) is 5.69 Å². The number of nitrogen functional groups attached to an aromatic ring is 1. The summed E-state index contributed by atoms with van der Waals surface area (Å²) in [6, 6.07) is 1.79. The van der Waals surface area contributed by atoms with Crippen molar-refractivity contribution in [1.82, 2.24) is 14.3 Å². The molecular weight excluding hydrogens is 288 g/mol. The molecule has 0 aliphatic carbocycles. The van der Waals surface area contributed by atoms with Crippen molar-refractivity contribution >= 4 is 15.7 Å². The highest BCUT2D eigenvalue weighted by molar-refractivity contribution is 7.89. The second-order valence-electron chi connectivity index (χ2n) is 5.16. The molecule has 0 spiro atoms. The second kappa shape index (κ2) is 5.50. The van der Waals surface area contributed by atoms with Crippen LogP contribution in [0.2, 0.25) is 0 Å². The number of nitrogens with zero attached hydrogens (tertiary/aromatic N) is 2. The molecule has 3 N–H and O–H groups in total. The number of aryl methyl sites for hydroxylation is 3. The van der Waals surface area contributed by atoms with Gasteiger partial charge in [-0.05, 0) is 37.5 Å². The molecule has 7 heteroatoms.